The van der Waals surface area contributed by atoms with E-state index in [1.165, 1.54) is 19.1 Å². The number of rotatable bonds is 8. The minimum absolute atomic E-state index is 0.0341. The largest absolute Gasteiger partial charge is 0.382 e. The van der Waals surface area contributed by atoms with Crippen LogP contribution < -0.4 is 4.18 Å². The fourth-order valence-corrected chi connectivity index (χ4v) is 3.01. The van der Waals surface area contributed by atoms with Crippen molar-refractivity contribution in [3.05, 3.63) is 65.5 Å². The number of carbonyl (C=O) groups is 1. The van der Waals surface area contributed by atoms with Crippen LogP contribution >= 0.6 is 0 Å². The van der Waals surface area contributed by atoms with Crippen molar-refractivity contribution in [2.75, 3.05) is 5.75 Å². The van der Waals surface area contributed by atoms with Gasteiger partial charge in [0.1, 0.15) is 11.6 Å². The average molecular weight is 393 g/mol. The first-order valence-corrected chi connectivity index (χ1v) is 10.4. The van der Waals surface area contributed by atoms with Gasteiger partial charge >= 0.3 is 10.1 Å². The van der Waals surface area contributed by atoms with Gasteiger partial charge in [-0.2, -0.15) is 8.42 Å². The fourth-order valence-electron chi connectivity index (χ4n) is 2.49. The van der Waals surface area contributed by atoms with E-state index in [1.807, 2.05) is 13.8 Å². The van der Waals surface area contributed by atoms with Gasteiger partial charge in [0.05, 0.1) is 11.3 Å². The molecule has 0 spiro atoms. The van der Waals surface area contributed by atoms with E-state index in [4.69, 9.17) is 4.18 Å². The number of hydrogen-bond acceptors (Lipinski definition) is 4. The molecule has 0 heterocycles. The molecule has 0 bridgehead atoms. The maximum absolute atomic E-state index is 14.0. The van der Waals surface area contributed by atoms with Gasteiger partial charge in [-0.05, 0) is 50.1 Å². The van der Waals surface area contributed by atoms with Crippen LogP contribution in [0, 0.1) is 5.82 Å². The standard InChI is InChI=1S/C20H24FNO4S/c1-4-15(3)22(20(23)18-8-6-7-9-19(18)21)14-16-10-12-17(13-11-16)26-27(24,25)5-2/h6-13,15H,4-5,14H2,1-3H3. The Labute approximate surface area is 159 Å². The Hall–Kier alpha value is -2.41. The maximum Gasteiger partial charge on any atom is 0.308 e. The van der Waals surface area contributed by atoms with Crippen molar-refractivity contribution in [1.29, 1.82) is 0 Å². The molecule has 0 aliphatic rings. The van der Waals surface area contributed by atoms with Crippen LogP contribution in [0.2, 0.25) is 0 Å². The average Bonchev–Trinajstić information content (AvgIpc) is 2.66. The third kappa shape index (κ3) is 5.53. The van der Waals surface area contributed by atoms with Crippen LogP contribution in [0.4, 0.5) is 4.39 Å². The van der Waals surface area contributed by atoms with E-state index in [0.29, 0.717) is 0 Å². The molecule has 0 radical (unpaired) electrons. The van der Waals surface area contributed by atoms with Crippen molar-refractivity contribution in [3.63, 3.8) is 0 Å². The van der Waals surface area contributed by atoms with Gasteiger partial charge in [-0.3, -0.25) is 4.79 Å². The first-order chi connectivity index (χ1) is 12.8. The monoisotopic (exact) mass is 393 g/mol. The molecule has 0 aliphatic carbocycles. The van der Waals surface area contributed by atoms with E-state index in [-0.39, 0.29) is 35.6 Å². The van der Waals surface area contributed by atoms with Crippen molar-refractivity contribution in [3.8, 4) is 5.75 Å². The number of carbonyl (C=O) groups excluding carboxylic acids is 1. The highest BCUT2D eigenvalue weighted by Crippen LogP contribution is 2.20. The summed E-state index contributed by atoms with van der Waals surface area (Å²) in [4.78, 5) is 14.5. The van der Waals surface area contributed by atoms with Crippen molar-refractivity contribution >= 4 is 16.0 Å². The van der Waals surface area contributed by atoms with Gasteiger partial charge in [0.2, 0.25) is 0 Å². The lowest BCUT2D eigenvalue weighted by molar-refractivity contribution is 0.0666. The molecule has 5 nitrogen and oxygen atoms in total. The van der Waals surface area contributed by atoms with Crippen LogP contribution in [0.15, 0.2) is 48.5 Å². The normalized spacial score (nSPS) is 12.4. The predicted octanol–water partition coefficient (Wildman–Crippen LogP) is 4.00. The molecule has 0 fully saturated rings. The van der Waals surface area contributed by atoms with Gasteiger partial charge in [-0.25, -0.2) is 4.39 Å². The molecule has 146 valence electrons. The van der Waals surface area contributed by atoms with Gasteiger partial charge in [0.25, 0.3) is 5.91 Å². The zero-order chi connectivity index (χ0) is 20.0. The Bertz CT molecular complexity index is 881. The lowest BCUT2D eigenvalue weighted by Crippen LogP contribution is -2.38. The number of benzene rings is 2. The molecule has 1 atom stereocenters. The third-order valence-electron chi connectivity index (χ3n) is 4.34. The minimum atomic E-state index is -3.59. The SMILES string of the molecule is CCC(C)N(Cc1ccc(OS(=O)(=O)CC)cc1)C(=O)c1ccccc1F. The van der Waals surface area contributed by atoms with Crippen molar-refractivity contribution in [1.82, 2.24) is 4.90 Å². The molecule has 27 heavy (non-hydrogen) atoms. The van der Waals surface area contributed by atoms with Crippen molar-refractivity contribution < 1.29 is 21.8 Å². The van der Waals surface area contributed by atoms with Gasteiger partial charge in [-0.1, -0.05) is 31.2 Å². The molecule has 0 aromatic heterocycles. The summed E-state index contributed by atoms with van der Waals surface area (Å²) >= 11 is 0. The number of halogens is 1. The molecule has 1 amide bonds. The first kappa shape index (κ1) is 20.9. The maximum atomic E-state index is 14.0. The molecule has 1 unspecified atom stereocenters. The van der Waals surface area contributed by atoms with Crippen LogP contribution in [-0.2, 0) is 16.7 Å². The van der Waals surface area contributed by atoms with Crippen molar-refractivity contribution in [2.45, 2.75) is 39.8 Å². The highest BCUT2D eigenvalue weighted by molar-refractivity contribution is 7.87. The topological polar surface area (TPSA) is 63.7 Å². The molecule has 0 saturated heterocycles. The van der Waals surface area contributed by atoms with Crippen LogP contribution in [0.5, 0.6) is 5.75 Å². The fraction of sp³-hybridized carbons (Fsp3) is 0.350. The second-order valence-electron chi connectivity index (χ2n) is 6.24. The number of amides is 1. The Morgan fingerprint density at radius 1 is 1.11 bits per heavy atom. The summed E-state index contributed by atoms with van der Waals surface area (Å²) in [6.45, 7) is 5.65. The zero-order valence-electron chi connectivity index (χ0n) is 15.7. The van der Waals surface area contributed by atoms with E-state index < -0.39 is 15.9 Å². The molecule has 7 heteroatoms. The second-order valence-corrected chi connectivity index (χ2v) is 8.10. The predicted molar refractivity (Wildman–Crippen MR) is 103 cm³/mol. The van der Waals surface area contributed by atoms with E-state index in [9.17, 15) is 17.6 Å². The highest BCUT2D eigenvalue weighted by Gasteiger charge is 2.23. The van der Waals surface area contributed by atoms with Gasteiger partial charge < -0.3 is 9.08 Å². The summed E-state index contributed by atoms with van der Waals surface area (Å²) in [6, 6.07) is 12.3. The van der Waals surface area contributed by atoms with E-state index in [2.05, 4.69) is 0 Å². The number of hydrogen-bond donors (Lipinski definition) is 0. The van der Waals surface area contributed by atoms with Gasteiger partial charge in [0, 0.05) is 12.6 Å². The summed E-state index contributed by atoms with van der Waals surface area (Å²) in [5.74, 6) is -0.829. The molecule has 2 rings (SSSR count). The summed E-state index contributed by atoms with van der Waals surface area (Å²) in [5.41, 5.74) is 0.827. The summed E-state index contributed by atoms with van der Waals surface area (Å²) < 4.78 is 42.0. The highest BCUT2D eigenvalue weighted by atomic mass is 32.2. The van der Waals surface area contributed by atoms with Crippen LogP contribution in [-0.4, -0.2) is 31.0 Å². The second kappa shape index (κ2) is 8.99. The van der Waals surface area contributed by atoms with Crippen molar-refractivity contribution in [2.24, 2.45) is 0 Å². The Kier molecular flexibility index (Phi) is 6.96. The van der Waals surface area contributed by atoms with E-state index >= 15 is 0 Å². The van der Waals surface area contributed by atoms with Crippen LogP contribution in [0.1, 0.15) is 43.1 Å². The molecule has 2 aromatic carbocycles. The van der Waals surface area contributed by atoms with Gasteiger partial charge in [0.15, 0.2) is 0 Å². The summed E-state index contributed by atoms with van der Waals surface area (Å²) in [5, 5.41) is 0. The van der Waals surface area contributed by atoms with E-state index in [1.54, 1.807) is 41.3 Å². The lowest BCUT2D eigenvalue weighted by Gasteiger charge is -2.29. The van der Waals surface area contributed by atoms with Crippen LogP contribution in [0.3, 0.4) is 0 Å². The third-order valence-corrected chi connectivity index (χ3v) is 5.49. The summed E-state index contributed by atoms with van der Waals surface area (Å²) in [7, 11) is -3.59. The zero-order valence-corrected chi connectivity index (χ0v) is 16.5. The molecule has 0 aliphatic heterocycles. The Morgan fingerprint density at radius 2 is 1.74 bits per heavy atom. The lowest BCUT2D eigenvalue weighted by atomic mass is 10.1. The Balaban J connectivity index is 2.22. The first-order valence-electron chi connectivity index (χ1n) is 8.84. The number of nitrogens with zero attached hydrogens (tertiary/aromatic N) is 1. The Morgan fingerprint density at radius 3 is 2.30 bits per heavy atom. The van der Waals surface area contributed by atoms with Gasteiger partial charge in [-0.15, -0.1) is 0 Å². The smallest absolute Gasteiger partial charge is 0.308 e. The molecular weight excluding hydrogens is 369 g/mol. The summed E-state index contributed by atoms with van der Waals surface area (Å²) in [6.07, 6.45) is 0.718. The van der Waals surface area contributed by atoms with E-state index in [0.717, 1.165) is 12.0 Å². The van der Waals surface area contributed by atoms with Crippen LogP contribution in [0.25, 0.3) is 0 Å². The molecule has 0 saturated carbocycles. The molecular formula is C20H24FNO4S. The molecule has 0 N–H and O–H groups in total. The molecule has 2 aromatic rings. The quantitative estimate of drug-likeness (QED) is 0.636. The minimum Gasteiger partial charge on any atom is -0.382 e.